The minimum absolute atomic E-state index is 0.926. The molecule has 70 valence electrons. The van der Waals surface area contributed by atoms with E-state index in [2.05, 4.69) is 20.4 Å². The Morgan fingerprint density at radius 1 is 1.38 bits per heavy atom. The van der Waals surface area contributed by atoms with E-state index in [4.69, 9.17) is 0 Å². The van der Waals surface area contributed by atoms with E-state index < -0.39 is 0 Å². The van der Waals surface area contributed by atoms with Crippen LogP contribution in [0.15, 0.2) is 18.3 Å². The lowest BCUT2D eigenvalue weighted by Gasteiger charge is -2.26. The lowest BCUT2D eigenvalue weighted by molar-refractivity contribution is 0.230. The molecule has 0 aromatic carbocycles. The van der Waals surface area contributed by atoms with Gasteiger partial charge in [-0.15, -0.1) is 0 Å². The maximum Gasteiger partial charge on any atom is 0.0771 e. The highest BCUT2D eigenvalue weighted by Gasteiger charge is 2.09. The van der Waals surface area contributed by atoms with Crippen molar-refractivity contribution in [3.63, 3.8) is 0 Å². The number of rotatable bonds is 2. The van der Waals surface area contributed by atoms with Crippen molar-refractivity contribution in [2.24, 2.45) is 0 Å². The monoisotopic (exact) mass is 178 g/mol. The van der Waals surface area contributed by atoms with Crippen molar-refractivity contribution in [1.82, 2.24) is 20.4 Å². The van der Waals surface area contributed by atoms with Gasteiger partial charge in [0.25, 0.3) is 0 Å². The largest absolute Gasteiger partial charge is 0.314 e. The van der Waals surface area contributed by atoms with Crippen LogP contribution in [-0.2, 0) is 6.54 Å². The van der Waals surface area contributed by atoms with Gasteiger partial charge in [0.1, 0.15) is 0 Å². The van der Waals surface area contributed by atoms with Crippen LogP contribution in [-0.4, -0.2) is 41.3 Å². The van der Waals surface area contributed by atoms with E-state index in [1.807, 2.05) is 12.1 Å². The quantitative estimate of drug-likeness (QED) is 0.685. The summed E-state index contributed by atoms with van der Waals surface area (Å²) in [5, 5.41) is 11.2. The lowest BCUT2D eigenvalue weighted by Crippen LogP contribution is -2.43. The van der Waals surface area contributed by atoms with E-state index in [1.54, 1.807) is 6.20 Å². The third-order valence-corrected chi connectivity index (χ3v) is 2.22. The Morgan fingerprint density at radius 2 is 2.23 bits per heavy atom. The van der Waals surface area contributed by atoms with Crippen LogP contribution < -0.4 is 5.32 Å². The molecule has 0 saturated carbocycles. The zero-order valence-corrected chi connectivity index (χ0v) is 7.61. The van der Waals surface area contributed by atoms with Crippen molar-refractivity contribution in [2.75, 3.05) is 26.2 Å². The molecule has 0 unspecified atom stereocenters. The summed E-state index contributed by atoms with van der Waals surface area (Å²) in [5.41, 5.74) is 1.06. The highest BCUT2D eigenvalue weighted by molar-refractivity contribution is 4.99. The van der Waals surface area contributed by atoms with Gasteiger partial charge in [-0.05, 0) is 12.1 Å². The van der Waals surface area contributed by atoms with E-state index >= 15 is 0 Å². The molecule has 1 aromatic heterocycles. The Kier molecular flexibility index (Phi) is 2.84. The second-order valence-electron chi connectivity index (χ2n) is 3.24. The zero-order valence-electron chi connectivity index (χ0n) is 7.61. The normalized spacial score (nSPS) is 18.8. The molecule has 1 fully saturated rings. The number of nitrogens with one attached hydrogen (secondary N) is 1. The van der Waals surface area contributed by atoms with E-state index in [9.17, 15) is 0 Å². The summed E-state index contributed by atoms with van der Waals surface area (Å²) in [7, 11) is 0. The van der Waals surface area contributed by atoms with Crippen LogP contribution in [0.4, 0.5) is 0 Å². The smallest absolute Gasteiger partial charge is 0.0771 e. The summed E-state index contributed by atoms with van der Waals surface area (Å²) in [5.74, 6) is 0. The molecular weight excluding hydrogens is 164 g/mol. The lowest BCUT2D eigenvalue weighted by atomic mass is 10.3. The number of aromatic nitrogens is 2. The molecule has 1 aromatic rings. The average Bonchev–Trinajstić information content (AvgIpc) is 2.21. The van der Waals surface area contributed by atoms with Gasteiger partial charge in [-0.3, -0.25) is 4.90 Å². The first-order valence-corrected chi connectivity index (χ1v) is 4.65. The fourth-order valence-corrected chi connectivity index (χ4v) is 1.52. The summed E-state index contributed by atoms with van der Waals surface area (Å²) in [6, 6.07) is 3.96. The van der Waals surface area contributed by atoms with E-state index in [0.717, 1.165) is 38.4 Å². The highest BCUT2D eigenvalue weighted by Crippen LogP contribution is 2.00. The number of hydrogen-bond donors (Lipinski definition) is 1. The Bertz CT molecular complexity index is 243. The molecule has 2 heterocycles. The van der Waals surface area contributed by atoms with Gasteiger partial charge >= 0.3 is 0 Å². The van der Waals surface area contributed by atoms with Crippen LogP contribution in [0.1, 0.15) is 5.69 Å². The van der Waals surface area contributed by atoms with Gasteiger partial charge < -0.3 is 5.32 Å². The fraction of sp³-hybridized carbons (Fsp3) is 0.556. The Labute approximate surface area is 78.0 Å². The number of hydrogen-bond acceptors (Lipinski definition) is 4. The van der Waals surface area contributed by atoms with Gasteiger partial charge in [0.05, 0.1) is 5.69 Å². The average molecular weight is 178 g/mol. The van der Waals surface area contributed by atoms with Gasteiger partial charge in [-0.2, -0.15) is 10.2 Å². The summed E-state index contributed by atoms with van der Waals surface area (Å²) in [4.78, 5) is 2.39. The van der Waals surface area contributed by atoms with Crippen LogP contribution >= 0.6 is 0 Å². The summed E-state index contributed by atoms with van der Waals surface area (Å²) in [6.07, 6.45) is 1.71. The van der Waals surface area contributed by atoms with E-state index in [1.165, 1.54) is 0 Å². The van der Waals surface area contributed by atoms with Gasteiger partial charge in [-0.25, -0.2) is 0 Å². The first-order valence-electron chi connectivity index (χ1n) is 4.65. The van der Waals surface area contributed by atoms with Gasteiger partial charge in [0, 0.05) is 38.9 Å². The highest BCUT2D eigenvalue weighted by atomic mass is 15.2. The SMILES string of the molecule is c1cnnc(CN2CCNCC2)c1. The molecule has 0 aliphatic carbocycles. The van der Waals surface area contributed by atoms with Crippen LogP contribution in [0.5, 0.6) is 0 Å². The molecule has 0 atom stereocenters. The zero-order chi connectivity index (χ0) is 8.93. The number of nitrogens with zero attached hydrogens (tertiary/aromatic N) is 3. The molecule has 1 aliphatic rings. The van der Waals surface area contributed by atoms with E-state index in [-0.39, 0.29) is 0 Å². The molecule has 4 nitrogen and oxygen atoms in total. The van der Waals surface area contributed by atoms with Gasteiger partial charge in [-0.1, -0.05) is 0 Å². The molecule has 2 rings (SSSR count). The molecule has 0 amide bonds. The predicted molar refractivity (Wildman–Crippen MR) is 50.2 cm³/mol. The van der Waals surface area contributed by atoms with Crippen molar-refractivity contribution in [3.05, 3.63) is 24.0 Å². The third kappa shape index (κ3) is 2.47. The number of piperazine rings is 1. The van der Waals surface area contributed by atoms with Crippen molar-refractivity contribution in [3.8, 4) is 0 Å². The maximum absolute atomic E-state index is 4.06. The van der Waals surface area contributed by atoms with Crippen molar-refractivity contribution < 1.29 is 0 Å². The maximum atomic E-state index is 4.06. The first-order chi connectivity index (χ1) is 6.45. The predicted octanol–water partition coefficient (Wildman–Crippen LogP) is -0.118. The minimum atomic E-state index is 0.926. The van der Waals surface area contributed by atoms with Gasteiger partial charge in [0.2, 0.25) is 0 Å². The Morgan fingerprint density at radius 3 is 2.92 bits per heavy atom. The molecule has 0 radical (unpaired) electrons. The Balaban J connectivity index is 1.90. The van der Waals surface area contributed by atoms with Crippen LogP contribution in [0, 0.1) is 0 Å². The van der Waals surface area contributed by atoms with Crippen molar-refractivity contribution in [2.45, 2.75) is 6.54 Å². The molecule has 1 aliphatic heterocycles. The van der Waals surface area contributed by atoms with Crippen molar-refractivity contribution in [1.29, 1.82) is 0 Å². The van der Waals surface area contributed by atoms with Gasteiger partial charge in [0.15, 0.2) is 0 Å². The third-order valence-electron chi connectivity index (χ3n) is 2.22. The Hall–Kier alpha value is -1.00. The second kappa shape index (κ2) is 4.30. The molecule has 0 bridgehead atoms. The standard InChI is InChI=1S/C9H14N4/c1-2-9(12-11-3-1)8-13-6-4-10-5-7-13/h1-3,10H,4-8H2. The van der Waals surface area contributed by atoms with Crippen LogP contribution in [0.25, 0.3) is 0 Å². The molecular formula is C9H14N4. The summed E-state index contributed by atoms with van der Waals surface area (Å²) >= 11 is 0. The van der Waals surface area contributed by atoms with Crippen LogP contribution in [0.2, 0.25) is 0 Å². The van der Waals surface area contributed by atoms with Crippen molar-refractivity contribution >= 4 is 0 Å². The topological polar surface area (TPSA) is 41.1 Å². The first kappa shape index (κ1) is 8.59. The fourth-order valence-electron chi connectivity index (χ4n) is 1.52. The molecule has 0 spiro atoms. The molecule has 1 N–H and O–H groups in total. The summed E-state index contributed by atoms with van der Waals surface area (Å²) < 4.78 is 0. The molecule has 13 heavy (non-hydrogen) atoms. The molecule has 4 heteroatoms. The summed E-state index contributed by atoms with van der Waals surface area (Å²) in [6.45, 7) is 5.31. The van der Waals surface area contributed by atoms with Crippen LogP contribution in [0.3, 0.4) is 0 Å². The van der Waals surface area contributed by atoms with E-state index in [0.29, 0.717) is 0 Å². The second-order valence-corrected chi connectivity index (χ2v) is 3.24. The minimum Gasteiger partial charge on any atom is -0.314 e. The molecule has 1 saturated heterocycles.